The van der Waals surface area contributed by atoms with Gasteiger partial charge in [0, 0.05) is 11.6 Å². The van der Waals surface area contributed by atoms with E-state index in [-0.39, 0.29) is 16.5 Å². The van der Waals surface area contributed by atoms with E-state index in [9.17, 15) is 8.42 Å². The molecule has 0 radical (unpaired) electrons. The van der Waals surface area contributed by atoms with Gasteiger partial charge in [0.25, 0.3) is 0 Å². The topological polar surface area (TPSA) is 55.4 Å². The maximum atomic E-state index is 12.2. The SMILES string of the molecule is COc1cccc(CNS(=O)(=O)c2cc(Cl)ccc2Cl)c1. The highest BCUT2D eigenvalue weighted by Gasteiger charge is 2.18. The van der Waals surface area contributed by atoms with Crippen molar-refractivity contribution in [3.05, 3.63) is 58.1 Å². The molecule has 0 spiro atoms. The summed E-state index contributed by atoms with van der Waals surface area (Å²) in [7, 11) is -2.19. The molecule has 0 saturated heterocycles. The van der Waals surface area contributed by atoms with Gasteiger partial charge in [-0.2, -0.15) is 0 Å². The first-order valence-corrected chi connectivity index (χ1v) is 8.24. The van der Waals surface area contributed by atoms with Crippen LogP contribution in [0.4, 0.5) is 0 Å². The number of hydrogen-bond acceptors (Lipinski definition) is 3. The van der Waals surface area contributed by atoms with Gasteiger partial charge in [0.2, 0.25) is 10.0 Å². The van der Waals surface area contributed by atoms with E-state index in [1.54, 1.807) is 31.4 Å². The molecule has 21 heavy (non-hydrogen) atoms. The molecule has 0 aromatic heterocycles. The number of hydrogen-bond donors (Lipinski definition) is 1. The van der Waals surface area contributed by atoms with Gasteiger partial charge in [-0.15, -0.1) is 0 Å². The molecule has 0 aliphatic heterocycles. The van der Waals surface area contributed by atoms with Crippen molar-refractivity contribution < 1.29 is 13.2 Å². The number of sulfonamides is 1. The molecule has 0 unspecified atom stereocenters. The van der Waals surface area contributed by atoms with Crippen LogP contribution in [0.3, 0.4) is 0 Å². The first-order chi connectivity index (χ1) is 9.92. The van der Waals surface area contributed by atoms with E-state index < -0.39 is 10.0 Å². The van der Waals surface area contributed by atoms with Crippen LogP contribution >= 0.6 is 23.2 Å². The van der Waals surface area contributed by atoms with Gasteiger partial charge < -0.3 is 4.74 Å². The van der Waals surface area contributed by atoms with E-state index in [4.69, 9.17) is 27.9 Å². The molecule has 0 aliphatic carbocycles. The molecule has 2 aromatic rings. The fourth-order valence-corrected chi connectivity index (χ4v) is 3.50. The molecule has 112 valence electrons. The smallest absolute Gasteiger partial charge is 0.242 e. The Kier molecular flexibility index (Phi) is 5.11. The summed E-state index contributed by atoms with van der Waals surface area (Å²) in [6.07, 6.45) is 0. The highest BCUT2D eigenvalue weighted by molar-refractivity contribution is 7.89. The highest BCUT2D eigenvalue weighted by atomic mass is 35.5. The molecule has 2 rings (SSSR count). The Morgan fingerprint density at radius 1 is 1.14 bits per heavy atom. The van der Waals surface area contributed by atoms with Gasteiger partial charge in [-0.1, -0.05) is 35.3 Å². The molecule has 0 saturated carbocycles. The summed E-state index contributed by atoms with van der Waals surface area (Å²) in [5, 5.41) is 0.429. The number of ether oxygens (including phenoxy) is 1. The zero-order valence-electron chi connectivity index (χ0n) is 11.1. The second-order valence-corrected chi connectivity index (χ2v) is 6.83. The van der Waals surface area contributed by atoms with Crippen LogP contribution in [0.15, 0.2) is 47.4 Å². The zero-order chi connectivity index (χ0) is 15.5. The summed E-state index contributed by atoms with van der Waals surface area (Å²) in [6.45, 7) is 0.127. The first kappa shape index (κ1) is 16.1. The minimum atomic E-state index is -3.74. The molecular formula is C14H13Cl2NO3S. The third kappa shape index (κ3) is 4.11. The Bertz CT molecular complexity index is 748. The van der Waals surface area contributed by atoms with Gasteiger partial charge in [-0.25, -0.2) is 13.1 Å². The Morgan fingerprint density at radius 2 is 1.90 bits per heavy atom. The van der Waals surface area contributed by atoms with E-state index in [0.29, 0.717) is 10.8 Å². The molecule has 0 aliphatic rings. The minimum Gasteiger partial charge on any atom is -0.497 e. The van der Waals surface area contributed by atoms with E-state index in [1.165, 1.54) is 18.2 Å². The summed E-state index contributed by atoms with van der Waals surface area (Å²) < 4.78 is 32.1. The second kappa shape index (κ2) is 6.66. The fraction of sp³-hybridized carbons (Fsp3) is 0.143. The lowest BCUT2D eigenvalue weighted by molar-refractivity contribution is 0.414. The van der Waals surface area contributed by atoms with Crippen LogP contribution in [0.2, 0.25) is 10.0 Å². The summed E-state index contributed by atoms with van der Waals surface area (Å²) in [5.74, 6) is 0.660. The largest absolute Gasteiger partial charge is 0.497 e. The van der Waals surface area contributed by atoms with Crippen LogP contribution in [0.25, 0.3) is 0 Å². The van der Waals surface area contributed by atoms with Crippen molar-refractivity contribution in [1.82, 2.24) is 4.72 Å². The average Bonchev–Trinajstić information content (AvgIpc) is 2.48. The van der Waals surface area contributed by atoms with Gasteiger partial charge in [-0.3, -0.25) is 0 Å². The predicted octanol–water partition coefficient (Wildman–Crippen LogP) is 3.48. The quantitative estimate of drug-likeness (QED) is 0.902. The minimum absolute atomic E-state index is 0.0421. The summed E-state index contributed by atoms with van der Waals surface area (Å²) in [4.78, 5) is -0.0421. The fourth-order valence-electron chi connectivity index (χ4n) is 1.72. The van der Waals surface area contributed by atoms with Crippen molar-refractivity contribution in [2.24, 2.45) is 0 Å². The lowest BCUT2D eigenvalue weighted by Crippen LogP contribution is -2.23. The Balaban J connectivity index is 2.19. The van der Waals surface area contributed by atoms with Crippen LogP contribution in [0, 0.1) is 0 Å². The van der Waals surface area contributed by atoms with Crippen LogP contribution in [-0.4, -0.2) is 15.5 Å². The molecule has 2 aromatic carbocycles. The van der Waals surface area contributed by atoms with Crippen LogP contribution in [0.5, 0.6) is 5.75 Å². The van der Waals surface area contributed by atoms with Gasteiger partial charge in [-0.05, 0) is 35.9 Å². The number of nitrogens with one attached hydrogen (secondary N) is 1. The van der Waals surface area contributed by atoms with Crippen molar-refractivity contribution in [3.63, 3.8) is 0 Å². The molecular weight excluding hydrogens is 333 g/mol. The molecule has 4 nitrogen and oxygen atoms in total. The third-order valence-corrected chi connectivity index (χ3v) is 4.90. The molecule has 0 bridgehead atoms. The van der Waals surface area contributed by atoms with Gasteiger partial charge in [0.15, 0.2) is 0 Å². The average molecular weight is 346 g/mol. The Hall–Kier alpha value is -1.27. The summed E-state index contributed by atoms with van der Waals surface area (Å²) >= 11 is 11.7. The maximum Gasteiger partial charge on any atom is 0.242 e. The predicted molar refractivity (Wildman–Crippen MR) is 83.5 cm³/mol. The molecule has 7 heteroatoms. The first-order valence-electron chi connectivity index (χ1n) is 6.00. The Labute approximate surface area is 133 Å². The number of halogens is 2. The molecule has 1 N–H and O–H groups in total. The van der Waals surface area contributed by atoms with Gasteiger partial charge in [0.05, 0.1) is 12.1 Å². The van der Waals surface area contributed by atoms with Crippen molar-refractivity contribution in [1.29, 1.82) is 0 Å². The number of methoxy groups -OCH3 is 1. The van der Waals surface area contributed by atoms with Crippen molar-refractivity contribution >= 4 is 33.2 Å². The Morgan fingerprint density at radius 3 is 2.62 bits per heavy atom. The van der Waals surface area contributed by atoms with Gasteiger partial charge >= 0.3 is 0 Å². The monoisotopic (exact) mass is 345 g/mol. The molecule has 0 heterocycles. The van der Waals surface area contributed by atoms with E-state index in [0.717, 1.165) is 5.56 Å². The normalized spacial score (nSPS) is 11.4. The lowest BCUT2D eigenvalue weighted by Gasteiger charge is -2.09. The van der Waals surface area contributed by atoms with Crippen LogP contribution < -0.4 is 9.46 Å². The summed E-state index contributed by atoms with van der Waals surface area (Å²) in [5.41, 5.74) is 0.774. The number of benzene rings is 2. The highest BCUT2D eigenvalue weighted by Crippen LogP contribution is 2.25. The molecule has 0 fully saturated rings. The second-order valence-electron chi connectivity index (χ2n) is 4.25. The zero-order valence-corrected chi connectivity index (χ0v) is 13.5. The maximum absolute atomic E-state index is 12.2. The molecule has 0 amide bonds. The molecule has 0 atom stereocenters. The van der Waals surface area contributed by atoms with Crippen LogP contribution in [-0.2, 0) is 16.6 Å². The number of rotatable bonds is 5. The van der Waals surface area contributed by atoms with Gasteiger partial charge in [0.1, 0.15) is 10.6 Å². The van der Waals surface area contributed by atoms with E-state index in [1.807, 2.05) is 0 Å². The van der Waals surface area contributed by atoms with Crippen LogP contribution in [0.1, 0.15) is 5.56 Å². The third-order valence-electron chi connectivity index (χ3n) is 2.78. The van der Waals surface area contributed by atoms with Crippen molar-refractivity contribution in [2.75, 3.05) is 7.11 Å². The van der Waals surface area contributed by atoms with Crippen molar-refractivity contribution in [3.8, 4) is 5.75 Å². The van der Waals surface area contributed by atoms with Crippen molar-refractivity contribution in [2.45, 2.75) is 11.4 Å². The lowest BCUT2D eigenvalue weighted by atomic mass is 10.2. The van der Waals surface area contributed by atoms with E-state index >= 15 is 0 Å². The van der Waals surface area contributed by atoms with E-state index in [2.05, 4.69) is 4.72 Å². The standard InChI is InChI=1S/C14H13Cl2NO3S/c1-20-12-4-2-3-10(7-12)9-17-21(18,19)14-8-11(15)5-6-13(14)16/h2-8,17H,9H2,1H3. The summed E-state index contributed by atoms with van der Waals surface area (Å²) in [6, 6.07) is 11.4.